The van der Waals surface area contributed by atoms with Gasteiger partial charge in [0.2, 0.25) is 11.8 Å². The molecule has 2 aromatic carbocycles. The highest BCUT2D eigenvalue weighted by Gasteiger charge is 2.35. The molecule has 2 heterocycles. The number of hydrogen-bond acceptors (Lipinski definition) is 5. The van der Waals surface area contributed by atoms with E-state index in [1.807, 2.05) is 0 Å². The SMILES string of the molecule is O=C(NCc1nnnn1-c1ccc(F)c(F)c1)C1CC(=O)N(c2ccc(Cl)cc2)C1. The summed E-state index contributed by atoms with van der Waals surface area (Å²) in [4.78, 5) is 26.4. The van der Waals surface area contributed by atoms with Crippen molar-refractivity contribution in [3.05, 3.63) is 64.9 Å². The van der Waals surface area contributed by atoms with Gasteiger partial charge in [0.25, 0.3) is 0 Å². The van der Waals surface area contributed by atoms with E-state index in [4.69, 9.17) is 11.6 Å². The van der Waals surface area contributed by atoms with E-state index in [-0.39, 0.29) is 42.8 Å². The standard InChI is InChI=1S/C19H15ClF2N6O2/c20-12-1-3-13(4-2-12)27-10-11(7-18(27)29)19(30)23-9-17-24-25-26-28(17)14-5-6-15(21)16(22)8-14/h1-6,8,11H,7,9-10H2,(H,23,30). The van der Waals surface area contributed by atoms with Crippen molar-refractivity contribution in [2.75, 3.05) is 11.4 Å². The van der Waals surface area contributed by atoms with Crippen molar-refractivity contribution >= 4 is 29.1 Å². The Morgan fingerprint density at radius 1 is 1.13 bits per heavy atom. The van der Waals surface area contributed by atoms with Crippen LogP contribution in [0.2, 0.25) is 5.02 Å². The van der Waals surface area contributed by atoms with Crippen molar-refractivity contribution in [1.82, 2.24) is 25.5 Å². The number of aromatic nitrogens is 4. The maximum Gasteiger partial charge on any atom is 0.227 e. The van der Waals surface area contributed by atoms with E-state index < -0.39 is 17.6 Å². The highest BCUT2D eigenvalue weighted by molar-refractivity contribution is 6.30. The zero-order valence-electron chi connectivity index (χ0n) is 15.4. The molecule has 11 heteroatoms. The van der Waals surface area contributed by atoms with Crippen molar-refractivity contribution in [2.45, 2.75) is 13.0 Å². The molecule has 8 nitrogen and oxygen atoms in total. The van der Waals surface area contributed by atoms with Crippen LogP contribution in [0.3, 0.4) is 0 Å². The van der Waals surface area contributed by atoms with Gasteiger partial charge in [-0.15, -0.1) is 5.10 Å². The summed E-state index contributed by atoms with van der Waals surface area (Å²) in [6.07, 6.45) is 0.0720. The van der Waals surface area contributed by atoms with Gasteiger partial charge in [-0.25, -0.2) is 8.78 Å². The first kappa shape index (κ1) is 19.9. The van der Waals surface area contributed by atoms with E-state index >= 15 is 0 Å². The molecule has 1 atom stereocenters. The van der Waals surface area contributed by atoms with Crippen molar-refractivity contribution < 1.29 is 18.4 Å². The highest BCUT2D eigenvalue weighted by atomic mass is 35.5. The van der Waals surface area contributed by atoms with Crippen molar-refractivity contribution in [2.24, 2.45) is 5.92 Å². The van der Waals surface area contributed by atoms with E-state index in [9.17, 15) is 18.4 Å². The molecule has 154 valence electrons. The van der Waals surface area contributed by atoms with Gasteiger partial charge in [0, 0.05) is 29.7 Å². The van der Waals surface area contributed by atoms with Crippen molar-refractivity contribution in [3.8, 4) is 5.69 Å². The van der Waals surface area contributed by atoms with Crippen LogP contribution in [-0.4, -0.2) is 38.6 Å². The van der Waals surface area contributed by atoms with E-state index in [2.05, 4.69) is 20.8 Å². The summed E-state index contributed by atoms with van der Waals surface area (Å²) in [7, 11) is 0. The molecule has 0 spiro atoms. The maximum atomic E-state index is 13.5. The molecule has 0 radical (unpaired) electrons. The molecule has 0 saturated carbocycles. The lowest BCUT2D eigenvalue weighted by molar-refractivity contribution is -0.126. The smallest absolute Gasteiger partial charge is 0.227 e. The topological polar surface area (TPSA) is 93.0 Å². The van der Waals surface area contributed by atoms with Crippen LogP contribution in [0, 0.1) is 17.6 Å². The molecule has 30 heavy (non-hydrogen) atoms. The van der Waals surface area contributed by atoms with Gasteiger partial charge in [-0.1, -0.05) is 11.6 Å². The number of rotatable bonds is 5. The summed E-state index contributed by atoms with van der Waals surface area (Å²) in [6, 6.07) is 10.0. The number of nitrogens with zero attached hydrogens (tertiary/aromatic N) is 5. The summed E-state index contributed by atoms with van der Waals surface area (Å²) in [5.74, 6) is -2.83. The molecule has 1 aliphatic heterocycles. The number of benzene rings is 2. The first-order valence-corrected chi connectivity index (χ1v) is 9.36. The molecule has 1 aliphatic rings. The molecule has 3 aromatic rings. The molecular weight excluding hydrogens is 418 g/mol. The van der Waals surface area contributed by atoms with Crippen LogP contribution in [0.25, 0.3) is 5.69 Å². The fourth-order valence-corrected chi connectivity index (χ4v) is 3.32. The van der Waals surface area contributed by atoms with Crippen LogP contribution in [0.1, 0.15) is 12.2 Å². The van der Waals surface area contributed by atoms with Crippen LogP contribution in [0.4, 0.5) is 14.5 Å². The molecule has 2 amide bonds. The third kappa shape index (κ3) is 3.99. The second-order valence-electron chi connectivity index (χ2n) is 6.70. The van der Waals surface area contributed by atoms with Gasteiger partial charge in [-0.05, 0) is 46.8 Å². The van der Waals surface area contributed by atoms with Crippen LogP contribution >= 0.6 is 11.6 Å². The second kappa shape index (κ2) is 8.15. The van der Waals surface area contributed by atoms with Crippen molar-refractivity contribution in [1.29, 1.82) is 0 Å². The van der Waals surface area contributed by atoms with E-state index in [0.717, 1.165) is 12.1 Å². The molecular formula is C19H15ClF2N6O2. The number of carbonyl (C=O) groups is 2. The van der Waals surface area contributed by atoms with E-state index in [1.165, 1.54) is 15.6 Å². The van der Waals surface area contributed by atoms with Crippen LogP contribution in [-0.2, 0) is 16.1 Å². The Hall–Kier alpha value is -3.40. The Labute approximate surface area is 174 Å². The molecule has 4 rings (SSSR count). The number of nitrogens with one attached hydrogen (secondary N) is 1. The molecule has 0 bridgehead atoms. The minimum atomic E-state index is -1.04. The largest absolute Gasteiger partial charge is 0.348 e. The normalized spacial score (nSPS) is 16.2. The lowest BCUT2D eigenvalue weighted by Gasteiger charge is -2.16. The highest BCUT2D eigenvalue weighted by Crippen LogP contribution is 2.26. The molecule has 0 aliphatic carbocycles. The number of anilines is 1. The minimum Gasteiger partial charge on any atom is -0.348 e. The number of hydrogen-bond donors (Lipinski definition) is 1. The van der Waals surface area contributed by atoms with Gasteiger partial charge in [-0.3, -0.25) is 9.59 Å². The van der Waals surface area contributed by atoms with Crippen molar-refractivity contribution in [3.63, 3.8) is 0 Å². The average molecular weight is 433 g/mol. The second-order valence-corrected chi connectivity index (χ2v) is 7.14. The van der Waals surface area contributed by atoms with Gasteiger partial charge < -0.3 is 10.2 Å². The summed E-state index contributed by atoms with van der Waals surface area (Å²) >= 11 is 5.87. The average Bonchev–Trinajstić information content (AvgIpc) is 3.35. The Morgan fingerprint density at radius 2 is 1.87 bits per heavy atom. The number of tetrazole rings is 1. The molecule has 1 unspecified atom stereocenters. The lowest BCUT2D eigenvalue weighted by atomic mass is 10.1. The first-order chi connectivity index (χ1) is 14.4. The Kier molecular flexibility index (Phi) is 5.40. The van der Waals surface area contributed by atoms with E-state index in [0.29, 0.717) is 10.7 Å². The molecule has 1 saturated heterocycles. The molecule has 1 fully saturated rings. The summed E-state index contributed by atoms with van der Waals surface area (Å²) < 4.78 is 27.8. The fourth-order valence-electron chi connectivity index (χ4n) is 3.20. The van der Waals surface area contributed by atoms with Gasteiger partial charge in [0.15, 0.2) is 17.5 Å². The van der Waals surface area contributed by atoms with Crippen LogP contribution < -0.4 is 10.2 Å². The molecule has 1 aromatic heterocycles. The van der Waals surface area contributed by atoms with Gasteiger partial charge in [0.1, 0.15) is 0 Å². The van der Waals surface area contributed by atoms with Crippen LogP contribution in [0.5, 0.6) is 0 Å². The Bertz CT molecular complexity index is 1100. The van der Waals surface area contributed by atoms with E-state index in [1.54, 1.807) is 24.3 Å². The monoisotopic (exact) mass is 432 g/mol. The summed E-state index contributed by atoms with van der Waals surface area (Å²) in [6.45, 7) is 0.191. The third-order valence-electron chi connectivity index (χ3n) is 4.74. The molecule has 1 N–H and O–H groups in total. The van der Waals surface area contributed by atoms with Gasteiger partial charge >= 0.3 is 0 Å². The van der Waals surface area contributed by atoms with Crippen LogP contribution in [0.15, 0.2) is 42.5 Å². The number of amides is 2. The predicted octanol–water partition coefficient (Wildman–Crippen LogP) is 2.26. The zero-order valence-corrected chi connectivity index (χ0v) is 16.2. The quantitative estimate of drug-likeness (QED) is 0.667. The number of halogens is 3. The first-order valence-electron chi connectivity index (χ1n) is 8.98. The number of carbonyl (C=O) groups excluding carboxylic acids is 2. The summed E-state index contributed by atoms with van der Waals surface area (Å²) in [5, 5.41) is 14.3. The maximum absolute atomic E-state index is 13.5. The predicted molar refractivity (Wildman–Crippen MR) is 103 cm³/mol. The van der Waals surface area contributed by atoms with Gasteiger partial charge in [-0.2, -0.15) is 4.68 Å². The Morgan fingerprint density at radius 3 is 2.60 bits per heavy atom. The zero-order chi connectivity index (χ0) is 21.3. The third-order valence-corrected chi connectivity index (χ3v) is 4.99. The fraction of sp³-hybridized carbons (Fsp3) is 0.211. The van der Waals surface area contributed by atoms with Gasteiger partial charge in [0.05, 0.1) is 18.2 Å². The Balaban J connectivity index is 1.41. The summed E-state index contributed by atoms with van der Waals surface area (Å²) in [5.41, 5.74) is 0.884. The minimum absolute atomic E-state index is 0.0452. The lowest BCUT2D eigenvalue weighted by Crippen LogP contribution is -2.33.